The van der Waals surface area contributed by atoms with Crippen molar-refractivity contribution in [2.75, 3.05) is 24.8 Å². The van der Waals surface area contributed by atoms with Crippen LogP contribution < -0.4 is 5.32 Å². The molecule has 1 saturated heterocycles. The van der Waals surface area contributed by atoms with Crippen LogP contribution in [0.3, 0.4) is 0 Å². The first-order valence-electron chi connectivity index (χ1n) is 6.76. The first-order valence-corrected chi connectivity index (χ1v) is 7.99. The highest BCUT2D eigenvalue weighted by Crippen LogP contribution is 2.24. The minimum absolute atomic E-state index is 0.302. The predicted octanol–water partition coefficient (Wildman–Crippen LogP) is 2.21. The molecule has 108 valence electrons. The van der Waals surface area contributed by atoms with Crippen molar-refractivity contribution in [3.63, 3.8) is 0 Å². The van der Waals surface area contributed by atoms with Gasteiger partial charge in [-0.25, -0.2) is 15.0 Å². The fraction of sp³-hybridized carbons (Fsp3) is 0.429. The molecule has 1 aliphatic heterocycles. The van der Waals surface area contributed by atoms with Crippen molar-refractivity contribution < 1.29 is 4.74 Å². The summed E-state index contributed by atoms with van der Waals surface area (Å²) in [5.41, 5.74) is 1.14. The van der Waals surface area contributed by atoms with Gasteiger partial charge in [0.2, 0.25) is 0 Å². The van der Waals surface area contributed by atoms with Gasteiger partial charge in [-0.15, -0.1) is 0 Å². The molecule has 2 aromatic heterocycles. The van der Waals surface area contributed by atoms with Crippen LogP contribution in [0.2, 0.25) is 0 Å². The fourth-order valence-corrected chi connectivity index (χ4v) is 2.66. The van der Waals surface area contributed by atoms with E-state index in [1.165, 1.54) is 11.8 Å². The number of nitrogens with zero attached hydrogens (tertiary/aromatic N) is 4. The van der Waals surface area contributed by atoms with Crippen molar-refractivity contribution >= 4 is 28.5 Å². The van der Waals surface area contributed by atoms with Gasteiger partial charge in [0.25, 0.3) is 0 Å². The zero-order valence-electron chi connectivity index (χ0n) is 11.7. The molecule has 3 rings (SSSR count). The topological polar surface area (TPSA) is 83.7 Å². The Bertz CT molecular complexity index is 694. The Morgan fingerprint density at radius 1 is 1.38 bits per heavy atom. The molecule has 0 spiro atoms. The molecule has 0 aromatic carbocycles. The highest BCUT2D eigenvalue weighted by molar-refractivity contribution is 7.98. The minimum atomic E-state index is 0.302. The van der Waals surface area contributed by atoms with Crippen molar-refractivity contribution in [1.29, 1.82) is 5.26 Å². The molecule has 0 unspecified atom stereocenters. The number of hydrogen-bond donors (Lipinski definition) is 1. The normalized spacial score (nSPS) is 15.8. The molecule has 0 radical (unpaired) electrons. The number of pyridine rings is 1. The molecule has 0 bridgehead atoms. The quantitative estimate of drug-likeness (QED) is 0.687. The summed E-state index contributed by atoms with van der Waals surface area (Å²) in [7, 11) is 0. The Kier molecular flexibility index (Phi) is 4.18. The van der Waals surface area contributed by atoms with E-state index in [-0.39, 0.29) is 0 Å². The van der Waals surface area contributed by atoms with E-state index in [9.17, 15) is 0 Å². The second-order valence-corrected chi connectivity index (χ2v) is 5.57. The van der Waals surface area contributed by atoms with E-state index in [4.69, 9.17) is 10.00 Å². The van der Waals surface area contributed by atoms with Crippen molar-refractivity contribution in [1.82, 2.24) is 15.0 Å². The van der Waals surface area contributed by atoms with Gasteiger partial charge in [0, 0.05) is 30.8 Å². The van der Waals surface area contributed by atoms with Crippen LogP contribution in [-0.4, -0.2) is 40.5 Å². The van der Waals surface area contributed by atoms with Gasteiger partial charge < -0.3 is 10.1 Å². The maximum Gasteiger partial charge on any atom is 0.187 e. The Morgan fingerprint density at radius 3 is 2.90 bits per heavy atom. The van der Waals surface area contributed by atoms with E-state index >= 15 is 0 Å². The molecule has 1 fully saturated rings. The molecule has 0 aliphatic carbocycles. The maximum absolute atomic E-state index is 9.12. The zero-order chi connectivity index (χ0) is 14.7. The highest BCUT2D eigenvalue weighted by atomic mass is 32.2. The summed E-state index contributed by atoms with van der Waals surface area (Å²) in [6.07, 6.45) is 5.54. The number of anilines is 1. The average molecular weight is 301 g/mol. The Balaban J connectivity index is 2.02. The van der Waals surface area contributed by atoms with Gasteiger partial charge in [0.15, 0.2) is 11.0 Å². The van der Waals surface area contributed by atoms with Crippen LogP contribution >= 0.6 is 11.8 Å². The van der Waals surface area contributed by atoms with E-state index in [1.807, 2.05) is 6.26 Å². The maximum atomic E-state index is 9.12. The lowest BCUT2D eigenvalue weighted by Crippen LogP contribution is -2.28. The Labute approximate surface area is 126 Å². The summed E-state index contributed by atoms with van der Waals surface area (Å²) < 4.78 is 5.36. The number of nitrogens with one attached hydrogen (secondary N) is 1. The molecule has 1 N–H and O–H groups in total. The van der Waals surface area contributed by atoms with Crippen LogP contribution in [0.15, 0.2) is 17.4 Å². The fourth-order valence-electron chi connectivity index (χ4n) is 2.31. The Morgan fingerprint density at radius 2 is 2.19 bits per heavy atom. The minimum Gasteiger partial charge on any atom is -0.381 e. The lowest BCUT2D eigenvalue weighted by molar-refractivity contribution is 0.0904. The van der Waals surface area contributed by atoms with Crippen LogP contribution in [0.1, 0.15) is 18.5 Å². The summed E-state index contributed by atoms with van der Waals surface area (Å²) in [4.78, 5) is 13.2. The lowest BCUT2D eigenvalue weighted by Gasteiger charge is -2.24. The number of ether oxygens (including phenoxy) is 1. The van der Waals surface area contributed by atoms with Crippen molar-refractivity contribution in [2.45, 2.75) is 24.0 Å². The van der Waals surface area contributed by atoms with Gasteiger partial charge in [-0.1, -0.05) is 11.8 Å². The average Bonchev–Trinajstić information content (AvgIpc) is 2.55. The molecular formula is C14H15N5OS. The third-order valence-corrected chi connectivity index (χ3v) is 3.96. The predicted molar refractivity (Wildman–Crippen MR) is 81.3 cm³/mol. The van der Waals surface area contributed by atoms with E-state index < -0.39 is 0 Å². The Hall–Kier alpha value is -1.91. The van der Waals surface area contributed by atoms with Crippen LogP contribution in [-0.2, 0) is 4.74 Å². The molecule has 21 heavy (non-hydrogen) atoms. The molecular weight excluding hydrogens is 286 g/mol. The standard InChI is InChI=1S/C14H15N5OS/c1-21-14-16-8-9-6-11(7-15)18-13(12(9)19-14)17-10-2-4-20-5-3-10/h6,8,10H,2-5H2,1H3,(H,17,18). The summed E-state index contributed by atoms with van der Waals surface area (Å²) in [6, 6.07) is 4.11. The largest absolute Gasteiger partial charge is 0.381 e. The van der Waals surface area contributed by atoms with Crippen molar-refractivity contribution in [2.24, 2.45) is 0 Å². The summed E-state index contributed by atoms with van der Waals surface area (Å²) in [5, 5.41) is 14.1. The number of fused-ring (bicyclic) bond motifs is 1. The molecule has 3 heterocycles. The zero-order valence-corrected chi connectivity index (χ0v) is 12.5. The van der Waals surface area contributed by atoms with E-state index in [1.54, 1.807) is 12.3 Å². The molecule has 1 aliphatic rings. The molecule has 0 saturated carbocycles. The van der Waals surface area contributed by atoms with Crippen molar-refractivity contribution in [3.8, 4) is 6.07 Å². The van der Waals surface area contributed by atoms with E-state index in [0.717, 1.165) is 37.0 Å². The van der Waals surface area contributed by atoms with Gasteiger partial charge in [-0.05, 0) is 25.2 Å². The summed E-state index contributed by atoms with van der Waals surface area (Å²) in [5.74, 6) is 0.661. The van der Waals surface area contributed by atoms with Crippen LogP contribution in [0, 0.1) is 11.3 Å². The summed E-state index contributed by atoms with van der Waals surface area (Å²) in [6.45, 7) is 1.50. The SMILES string of the molecule is CSc1ncc2cc(C#N)nc(NC3CCOCC3)c2n1. The molecule has 0 amide bonds. The third kappa shape index (κ3) is 3.06. The molecule has 7 heteroatoms. The first kappa shape index (κ1) is 14.0. The van der Waals surface area contributed by atoms with E-state index in [2.05, 4.69) is 26.3 Å². The molecule has 6 nitrogen and oxygen atoms in total. The summed E-state index contributed by atoms with van der Waals surface area (Å²) >= 11 is 1.49. The number of thioether (sulfide) groups is 1. The van der Waals surface area contributed by atoms with Crippen LogP contribution in [0.25, 0.3) is 10.9 Å². The monoisotopic (exact) mass is 301 g/mol. The third-order valence-electron chi connectivity index (χ3n) is 3.40. The van der Waals surface area contributed by atoms with E-state index in [0.29, 0.717) is 22.7 Å². The molecule has 0 atom stereocenters. The van der Waals surface area contributed by atoms with Gasteiger partial charge in [-0.3, -0.25) is 0 Å². The first-order chi connectivity index (χ1) is 10.3. The van der Waals surface area contributed by atoms with Gasteiger partial charge in [0.05, 0.1) is 0 Å². The number of hydrogen-bond acceptors (Lipinski definition) is 7. The second kappa shape index (κ2) is 6.24. The second-order valence-electron chi connectivity index (χ2n) is 4.79. The van der Waals surface area contributed by atoms with Gasteiger partial charge in [0.1, 0.15) is 17.3 Å². The van der Waals surface area contributed by atoms with Crippen LogP contribution in [0.4, 0.5) is 5.82 Å². The van der Waals surface area contributed by atoms with Crippen LogP contribution in [0.5, 0.6) is 0 Å². The van der Waals surface area contributed by atoms with Gasteiger partial charge in [-0.2, -0.15) is 5.26 Å². The number of aromatic nitrogens is 3. The lowest BCUT2D eigenvalue weighted by atomic mass is 10.1. The number of nitriles is 1. The molecule has 2 aromatic rings. The number of rotatable bonds is 3. The smallest absolute Gasteiger partial charge is 0.187 e. The van der Waals surface area contributed by atoms with Gasteiger partial charge >= 0.3 is 0 Å². The highest BCUT2D eigenvalue weighted by Gasteiger charge is 2.17. The van der Waals surface area contributed by atoms with Crippen molar-refractivity contribution in [3.05, 3.63) is 18.0 Å².